The smallest absolute Gasteiger partial charge is 0.326 e. The van der Waals surface area contributed by atoms with Crippen LogP contribution in [0.25, 0.3) is 0 Å². The highest BCUT2D eigenvalue weighted by molar-refractivity contribution is 9.10. The van der Waals surface area contributed by atoms with Crippen LogP contribution in [0.4, 0.5) is 0 Å². The van der Waals surface area contributed by atoms with E-state index in [0.29, 0.717) is 6.42 Å². The third-order valence-electron chi connectivity index (χ3n) is 3.40. The molecule has 1 aromatic rings. The van der Waals surface area contributed by atoms with Crippen molar-refractivity contribution < 1.29 is 19.5 Å². The summed E-state index contributed by atoms with van der Waals surface area (Å²) in [5.74, 6) is -1.75. The number of carbonyl (C=O) groups excluding carboxylic acids is 2. The Bertz CT molecular complexity index is 604. The van der Waals surface area contributed by atoms with Crippen LogP contribution in [0.1, 0.15) is 32.8 Å². The molecule has 0 aliphatic carbocycles. The lowest BCUT2D eigenvalue weighted by Gasteiger charge is -2.22. The molecule has 7 heteroatoms. The van der Waals surface area contributed by atoms with Crippen LogP contribution in [0.3, 0.4) is 0 Å². The molecule has 0 saturated carbocycles. The Morgan fingerprint density at radius 2 is 1.75 bits per heavy atom. The van der Waals surface area contributed by atoms with Gasteiger partial charge in [0.2, 0.25) is 11.8 Å². The van der Waals surface area contributed by atoms with Crippen molar-refractivity contribution in [3.8, 4) is 0 Å². The van der Waals surface area contributed by atoms with Crippen LogP contribution in [0.15, 0.2) is 28.7 Å². The maximum absolute atomic E-state index is 12.4. The van der Waals surface area contributed by atoms with Crippen molar-refractivity contribution in [3.05, 3.63) is 34.3 Å². The van der Waals surface area contributed by atoms with Gasteiger partial charge < -0.3 is 15.7 Å². The lowest BCUT2D eigenvalue weighted by atomic mass is 10.0. The van der Waals surface area contributed by atoms with Crippen molar-refractivity contribution in [3.63, 3.8) is 0 Å². The molecule has 0 unspecified atom stereocenters. The van der Waals surface area contributed by atoms with Crippen LogP contribution in [-0.2, 0) is 20.8 Å². The monoisotopic (exact) mass is 398 g/mol. The molecule has 0 fully saturated rings. The van der Waals surface area contributed by atoms with E-state index in [1.54, 1.807) is 12.1 Å². The van der Waals surface area contributed by atoms with E-state index in [1.165, 1.54) is 6.92 Å². The quantitative estimate of drug-likeness (QED) is 0.624. The molecule has 0 aliphatic heterocycles. The number of carbonyl (C=O) groups is 3. The first-order valence-electron chi connectivity index (χ1n) is 7.74. The minimum Gasteiger partial charge on any atom is -0.480 e. The molecule has 3 N–H and O–H groups in total. The molecule has 0 saturated heterocycles. The number of amides is 2. The first-order chi connectivity index (χ1) is 11.2. The van der Waals surface area contributed by atoms with Gasteiger partial charge in [0.05, 0.1) is 0 Å². The fourth-order valence-electron chi connectivity index (χ4n) is 2.30. The molecule has 1 aromatic carbocycles. The summed E-state index contributed by atoms with van der Waals surface area (Å²) in [6, 6.07) is 5.43. The number of carboxylic acids is 1. The van der Waals surface area contributed by atoms with Gasteiger partial charge >= 0.3 is 5.97 Å². The predicted octanol–water partition coefficient (Wildman–Crippen LogP) is 2.11. The number of hydrogen-bond acceptors (Lipinski definition) is 3. The van der Waals surface area contributed by atoms with E-state index < -0.39 is 24.0 Å². The van der Waals surface area contributed by atoms with E-state index in [-0.39, 0.29) is 18.2 Å². The molecule has 1 rings (SSSR count). The molecule has 2 amide bonds. The third-order valence-corrected chi connectivity index (χ3v) is 4.17. The number of rotatable bonds is 8. The van der Waals surface area contributed by atoms with Crippen molar-refractivity contribution in [2.24, 2.45) is 5.92 Å². The lowest BCUT2D eigenvalue weighted by Crippen LogP contribution is -2.52. The minimum absolute atomic E-state index is 0.150. The number of carboxylic acid groups (broad SMARTS) is 1. The van der Waals surface area contributed by atoms with Crippen LogP contribution in [-0.4, -0.2) is 35.0 Å². The van der Waals surface area contributed by atoms with Gasteiger partial charge in [-0.15, -0.1) is 0 Å². The van der Waals surface area contributed by atoms with Crippen molar-refractivity contribution in [1.29, 1.82) is 0 Å². The average Bonchev–Trinajstić information content (AvgIpc) is 2.46. The topological polar surface area (TPSA) is 95.5 Å². The highest BCUT2D eigenvalue weighted by Crippen LogP contribution is 2.17. The number of nitrogens with one attached hydrogen (secondary N) is 2. The zero-order chi connectivity index (χ0) is 18.3. The number of aliphatic carboxylic acids is 1. The second-order valence-electron chi connectivity index (χ2n) is 6.08. The number of hydrogen-bond donors (Lipinski definition) is 3. The molecule has 2 atom stereocenters. The average molecular weight is 399 g/mol. The summed E-state index contributed by atoms with van der Waals surface area (Å²) in [5, 5.41) is 14.5. The Morgan fingerprint density at radius 3 is 2.25 bits per heavy atom. The van der Waals surface area contributed by atoms with Gasteiger partial charge in [-0.05, 0) is 24.0 Å². The molecule has 132 valence electrons. The first kappa shape index (κ1) is 20.2. The minimum atomic E-state index is -1.12. The van der Waals surface area contributed by atoms with Crippen molar-refractivity contribution >= 4 is 33.7 Å². The standard InChI is InChI=1S/C17H23BrN2O4/c1-10(2)8-14(19-11(3)21)16(22)20-15(17(23)24)9-12-6-4-5-7-13(12)18/h4-7,10,14-15H,8-9H2,1-3H3,(H,19,21)(H,20,22)(H,23,24)/t14-,15+/m0/s1. The van der Waals surface area contributed by atoms with Gasteiger partial charge in [0.1, 0.15) is 12.1 Å². The summed E-state index contributed by atoms with van der Waals surface area (Å²) in [4.78, 5) is 35.2. The molecule has 24 heavy (non-hydrogen) atoms. The molecule has 0 heterocycles. The maximum Gasteiger partial charge on any atom is 0.326 e. The van der Waals surface area contributed by atoms with Crippen molar-refractivity contribution in [1.82, 2.24) is 10.6 Å². The third kappa shape index (κ3) is 6.70. The highest BCUT2D eigenvalue weighted by atomic mass is 79.9. The Hall–Kier alpha value is -1.89. The SMILES string of the molecule is CC(=O)N[C@@H](CC(C)C)C(=O)N[C@H](Cc1ccccc1Br)C(=O)O. The Kier molecular flexibility index (Phi) is 7.91. The Morgan fingerprint density at radius 1 is 1.12 bits per heavy atom. The van der Waals surface area contributed by atoms with E-state index in [4.69, 9.17) is 0 Å². The molecule has 0 spiro atoms. The van der Waals surface area contributed by atoms with Crippen molar-refractivity contribution in [2.45, 2.75) is 45.7 Å². The van der Waals surface area contributed by atoms with Crippen molar-refractivity contribution in [2.75, 3.05) is 0 Å². The van der Waals surface area contributed by atoms with E-state index >= 15 is 0 Å². The predicted molar refractivity (Wildman–Crippen MR) is 94.5 cm³/mol. The van der Waals surface area contributed by atoms with Gasteiger partial charge in [-0.2, -0.15) is 0 Å². The summed E-state index contributed by atoms with van der Waals surface area (Å²) in [6.07, 6.45) is 0.587. The number of benzene rings is 1. The van der Waals surface area contributed by atoms with Gasteiger partial charge in [0.25, 0.3) is 0 Å². The fraction of sp³-hybridized carbons (Fsp3) is 0.471. The van der Waals surface area contributed by atoms with Crippen LogP contribution in [0, 0.1) is 5.92 Å². The zero-order valence-electron chi connectivity index (χ0n) is 14.0. The van der Waals surface area contributed by atoms with Crippen LogP contribution < -0.4 is 10.6 Å². The first-order valence-corrected chi connectivity index (χ1v) is 8.53. The summed E-state index contributed by atoms with van der Waals surface area (Å²) < 4.78 is 0.783. The number of halogens is 1. The summed E-state index contributed by atoms with van der Waals surface area (Å²) in [5.41, 5.74) is 0.783. The second-order valence-corrected chi connectivity index (χ2v) is 6.93. The molecule has 6 nitrogen and oxygen atoms in total. The van der Waals surface area contributed by atoms with E-state index in [0.717, 1.165) is 10.0 Å². The molecule has 0 aliphatic rings. The Balaban J connectivity index is 2.85. The molecular weight excluding hydrogens is 376 g/mol. The normalized spacial score (nSPS) is 13.2. The van der Waals surface area contributed by atoms with Gasteiger partial charge in [-0.1, -0.05) is 48.0 Å². The summed E-state index contributed by atoms with van der Waals surface area (Å²) in [6.45, 7) is 5.19. The lowest BCUT2D eigenvalue weighted by molar-refractivity contribution is -0.142. The summed E-state index contributed by atoms with van der Waals surface area (Å²) in [7, 11) is 0. The zero-order valence-corrected chi connectivity index (χ0v) is 15.6. The van der Waals surface area contributed by atoms with Gasteiger partial charge in [0, 0.05) is 17.8 Å². The van der Waals surface area contributed by atoms with Crippen LogP contribution in [0.5, 0.6) is 0 Å². The van der Waals surface area contributed by atoms with E-state index in [2.05, 4.69) is 26.6 Å². The van der Waals surface area contributed by atoms with Gasteiger partial charge in [0.15, 0.2) is 0 Å². The maximum atomic E-state index is 12.4. The van der Waals surface area contributed by atoms with Gasteiger partial charge in [-0.3, -0.25) is 9.59 Å². The van der Waals surface area contributed by atoms with Gasteiger partial charge in [-0.25, -0.2) is 4.79 Å². The molecule has 0 bridgehead atoms. The molecule has 0 radical (unpaired) electrons. The van der Waals surface area contributed by atoms with Crippen LogP contribution >= 0.6 is 15.9 Å². The largest absolute Gasteiger partial charge is 0.480 e. The van der Waals surface area contributed by atoms with E-state index in [9.17, 15) is 19.5 Å². The highest BCUT2D eigenvalue weighted by Gasteiger charge is 2.27. The Labute approximate surface area is 150 Å². The van der Waals surface area contributed by atoms with E-state index in [1.807, 2.05) is 26.0 Å². The molecule has 0 aromatic heterocycles. The second kappa shape index (κ2) is 9.42. The summed E-state index contributed by atoms with van der Waals surface area (Å²) >= 11 is 3.37. The van der Waals surface area contributed by atoms with Crippen LogP contribution in [0.2, 0.25) is 0 Å². The fourth-order valence-corrected chi connectivity index (χ4v) is 2.75. The molecular formula is C17H23BrN2O4.